The zero-order valence-corrected chi connectivity index (χ0v) is 10.9. The van der Waals surface area contributed by atoms with E-state index in [4.69, 9.17) is 9.47 Å². The Morgan fingerprint density at radius 1 is 1.22 bits per heavy atom. The molecule has 2 unspecified atom stereocenters. The van der Waals surface area contributed by atoms with E-state index in [1.165, 1.54) is 0 Å². The number of sulfone groups is 1. The SMILES string of the molecule is CCOc1ccc(OC2CS(=O)(=O)CC2O)cc1. The summed E-state index contributed by atoms with van der Waals surface area (Å²) in [6, 6.07) is 6.88. The molecule has 0 saturated carbocycles. The maximum atomic E-state index is 11.3. The Morgan fingerprint density at radius 3 is 2.33 bits per heavy atom. The molecule has 0 radical (unpaired) electrons. The molecule has 0 bridgehead atoms. The van der Waals surface area contributed by atoms with Gasteiger partial charge in [-0.2, -0.15) is 0 Å². The first-order chi connectivity index (χ1) is 8.50. The fourth-order valence-electron chi connectivity index (χ4n) is 1.87. The zero-order chi connectivity index (χ0) is 13.2. The van der Waals surface area contributed by atoms with Crippen molar-refractivity contribution in [3.8, 4) is 11.5 Å². The minimum absolute atomic E-state index is 0.138. The number of benzene rings is 1. The van der Waals surface area contributed by atoms with E-state index in [-0.39, 0.29) is 11.5 Å². The Bertz CT molecular complexity index is 494. The van der Waals surface area contributed by atoms with Gasteiger partial charge in [-0.25, -0.2) is 8.42 Å². The van der Waals surface area contributed by atoms with Crippen LogP contribution in [0, 0.1) is 0 Å². The highest BCUT2D eigenvalue weighted by atomic mass is 32.2. The van der Waals surface area contributed by atoms with Crippen molar-refractivity contribution in [3.63, 3.8) is 0 Å². The molecule has 1 aromatic rings. The van der Waals surface area contributed by atoms with Gasteiger partial charge in [0.1, 0.15) is 23.7 Å². The summed E-state index contributed by atoms with van der Waals surface area (Å²) in [4.78, 5) is 0. The molecule has 1 N–H and O–H groups in total. The molecule has 0 spiro atoms. The number of aliphatic hydroxyl groups is 1. The van der Waals surface area contributed by atoms with Gasteiger partial charge < -0.3 is 14.6 Å². The van der Waals surface area contributed by atoms with Crippen molar-refractivity contribution >= 4 is 9.84 Å². The molecule has 0 amide bonds. The lowest BCUT2D eigenvalue weighted by molar-refractivity contribution is 0.0737. The first kappa shape index (κ1) is 13.2. The van der Waals surface area contributed by atoms with Gasteiger partial charge in [0.25, 0.3) is 0 Å². The molecule has 1 heterocycles. The van der Waals surface area contributed by atoms with E-state index in [9.17, 15) is 13.5 Å². The average Bonchev–Trinajstić information content (AvgIpc) is 2.55. The minimum atomic E-state index is -3.18. The predicted octanol–water partition coefficient (Wildman–Crippen LogP) is 0.622. The minimum Gasteiger partial charge on any atom is -0.494 e. The molecule has 1 aliphatic rings. The van der Waals surface area contributed by atoms with Gasteiger partial charge >= 0.3 is 0 Å². The molecule has 5 nitrogen and oxygen atoms in total. The highest BCUT2D eigenvalue weighted by molar-refractivity contribution is 7.91. The summed E-state index contributed by atoms with van der Waals surface area (Å²) in [5, 5.41) is 9.60. The van der Waals surface area contributed by atoms with Crippen molar-refractivity contribution in [2.24, 2.45) is 0 Å². The maximum absolute atomic E-state index is 11.3. The smallest absolute Gasteiger partial charge is 0.156 e. The van der Waals surface area contributed by atoms with Crippen molar-refractivity contribution < 1.29 is 23.0 Å². The molecule has 18 heavy (non-hydrogen) atoms. The lowest BCUT2D eigenvalue weighted by Crippen LogP contribution is -2.29. The highest BCUT2D eigenvalue weighted by Crippen LogP contribution is 2.22. The summed E-state index contributed by atoms with van der Waals surface area (Å²) in [5.41, 5.74) is 0. The fraction of sp³-hybridized carbons (Fsp3) is 0.500. The first-order valence-electron chi connectivity index (χ1n) is 5.78. The summed E-state index contributed by atoms with van der Waals surface area (Å²) in [6.07, 6.45) is -1.64. The standard InChI is InChI=1S/C12H16O5S/c1-2-16-9-3-5-10(6-4-9)17-12-8-18(14,15)7-11(12)13/h3-6,11-13H,2,7-8H2,1H3. The van der Waals surface area contributed by atoms with E-state index in [1.54, 1.807) is 24.3 Å². The van der Waals surface area contributed by atoms with Crippen LogP contribution in [0.2, 0.25) is 0 Å². The van der Waals surface area contributed by atoms with Crippen LogP contribution >= 0.6 is 0 Å². The average molecular weight is 272 g/mol. The van der Waals surface area contributed by atoms with E-state index >= 15 is 0 Å². The molecular formula is C12H16O5S. The van der Waals surface area contributed by atoms with Crippen molar-refractivity contribution in [1.82, 2.24) is 0 Å². The molecule has 2 rings (SSSR count). The van der Waals surface area contributed by atoms with Gasteiger partial charge in [0.15, 0.2) is 9.84 Å². The summed E-state index contributed by atoms with van der Waals surface area (Å²) in [7, 11) is -3.18. The maximum Gasteiger partial charge on any atom is 0.156 e. The van der Waals surface area contributed by atoms with Gasteiger partial charge in [-0.3, -0.25) is 0 Å². The summed E-state index contributed by atoms with van der Waals surface area (Å²) >= 11 is 0. The monoisotopic (exact) mass is 272 g/mol. The van der Waals surface area contributed by atoms with E-state index in [0.717, 1.165) is 5.75 Å². The molecule has 0 aliphatic carbocycles. The lowest BCUT2D eigenvalue weighted by atomic mass is 10.2. The molecule has 1 aliphatic heterocycles. The van der Waals surface area contributed by atoms with Gasteiger partial charge in [-0.05, 0) is 31.2 Å². The Labute approximate surface area is 106 Å². The molecule has 2 atom stereocenters. The number of aliphatic hydroxyl groups excluding tert-OH is 1. The third kappa shape index (κ3) is 3.14. The largest absolute Gasteiger partial charge is 0.494 e. The van der Waals surface area contributed by atoms with Crippen LogP contribution in [0.4, 0.5) is 0 Å². The van der Waals surface area contributed by atoms with Crippen LogP contribution in [0.5, 0.6) is 11.5 Å². The lowest BCUT2D eigenvalue weighted by Gasteiger charge is -2.15. The quantitative estimate of drug-likeness (QED) is 0.870. The summed E-state index contributed by atoms with van der Waals surface area (Å²) < 4.78 is 33.4. The summed E-state index contributed by atoms with van der Waals surface area (Å²) in [5.74, 6) is 0.889. The fourth-order valence-corrected chi connectivity index (χ4v) is 3.53. The Balaban J connectivity index is 2.01. The van der Waals surface area contributed by atoms with E-state index < -0.39 is 22.0 Å². The Kier molecular flexibility index (Phi) is 3.77. The van der Waals surface area contributed by atoms with Crippen molar-refractivity contribution in [3.05, 3.63) is 24.3 Å². The third-order valence-corrected chi connectivity index (χ3v) is 4.38. The zero-order valence-electron chi connectivity index (χ0n) is 10.1. The number of rotatable bonds is 4. The highest BCUT2D eigenvalue weighted by Gasteiger charge is 2.38. The van der Waals surface area contributed by atoms with Crippen molar-refractivity contribution in [2.45, 2.75) is 19.1 Å². The van der Waals surface area contributed by atoms with Gasteiger partial charge in [-0.1, -0.05) is 0 Å². The first-order valence-corrected chi connectivity index (χ1v) is 7.60. The van der Waals surface area contributed by atoms with Crippen LogP contribution in [-0.4, -0.2) is 43.8 Å². The van der Waals surface area contributed by atoms with Gasteiger partial charge in [0, 0.05) is 0 Å². The molecule has 1 saturated heterocycles. The normalized spacial score (nSPS) is 25.9. The Morgan fingerprint density at radius 2 is 1.83 bits per heavy atom. The van der Waals surface area contributed by atoms with E-state index in [0.29, 0.717) is 12.4 Å². The summed E-state index contributed by atoms with van der Waals surface area (Å²) in [6.45, 7) is 2.48. The van der Waals surface area contributed by atoms with Crippen LogP contribution < -0.4 is 9.47 Å². The Hall–Kier alpha value is -1.27. The third-order valence-electron chi connectivity index (χ3n) is 2.69. The second kappa shape index (κ2) is 5.16. The van der Waals surface area contributed by atoms with Crippen LogP contribution in [0.15, 0.2) is 24.3 Å². The topological polar surface area (TPSA) is 72.8 Å². The van der Waals surface area contributed by atoms with Gasteiger partial charge in [-0.15, -0.1) is 0 Å². The second-order valence-corrected chi connectivity index (χ2v) is 6.36. The number of ether oxygens (including phenoxy) is 2. The van der Waals surface area contributed by atoms with Crippen molar-refractivity contribution in [2.75, 3.05) is 18.1 Å². The second-order valence-electron chi connectivity index (χ2n) is 4.20. The number of hydrogen-bond donors (Lipinski definition) is 1. The van der Waals surface area contributed by atoms with Crippen LogP contribution in [0.25, 0.3) is 0 Å². The van der Waals surface area contributed by atoms with Crippen LogP contribution in [0.1, 0.15) is 6.92 Å². The molecule has 1 fully saturated rings. The van der Waals surface area contributed by atoms with Gasteiger partial charge in [0.05, 0.1) is 18.1 Å². The molecule has 0 aromatic heterocycles. The predicted molar refractivity (Wildman–Crippen MR) is 66.7 cm³/mol. The molecule has 1 aromatic carbocycles. The van der Waals surface area contributed by atoms with E-state index in [2.05, 4.69) is 0 Å². The van der Waals surface area contributed by atoms with Crippen molar-refractivity contribution in [1.29, 1.82) is 0 Å². The van der Waals surface area contributed by atoms with E-state index in [1.807, 2.05) is 6.92 Å². The molecule has 6 heteroatoms. The van der Waals surface area contributed by atoms with Crippen LogP contribution in [0.3, 0.4) is 0 Å². The van der Waals surface area contributed by atoms with Gasteiger partial charge in [0.2, 0.25) is 0 Å². The number of hydrogen-bond acceptors (Lipinski definition) is 5. The molecular weight excluding hydrogens is 256 g/mol. The van der Waals surface area contributed by atoms with Crippen LogP contribution in [-0.2, 0) is 9.84 Å². The molecule has 100 valence electrons.